The maximum Gasteiger partial charge on any atom is 0.246 e. The van der Waals surface area contributed by atoms with Gasteiger partial charge in [0.25, 0.3) is 0 Å². The number of nitrogens with one attached hydrogen (secondary N) is 1. The number of aldehydes is 1. The number of ether oxygens (including phenoxy) is 2. The fourth-order valence-corrected chi connectivity index (χ4v) is 4.49. The molecule has 8 heteroatoms. The number of hydrogen-bond donors (Lipinski definition) is 1. The minimum Gasteiger partial charge on any atom is -0.497 e. The van der Waals surface area contributed by atoms with Gasteiger partial charge >= 0.3 is 0 Å². The predicted molar refractivity (Wildman–Crippen MR) is 142 cm³/mol. The molecular formula is C28H34N4O4. The summed E-state index contributed by atoms with van der Waals surface area (Å²) in [4.78, 5) is 33.9. The smallest absolute Gasteiger partial charge is 0.246 e. The molecule has 2 heterocycles. The lowest BCUT2D eigenvalue weighted by atomic mass is 10.0. The van der Waals surface area contributed by atoms with Crippen molar-refractivity contribution in [1.29, 1.82) is 0 Å². The largest absolute Gasteiger partial charge is 0.497 e. The van der Waals surface area contributed by atoms with Crippen LogP contribution in [-0.2, 0) is 9.59 Å². The quantitative estimate of drug-likeness (QED) is 0.454. The summed E-state index contributed by atoms with van der Waals surface area (Å²) in [6, 6.07) is 16.3. The molecule has 1 amide bonds. The van der Waals surface area contributed by atoms with Gasteiger partial charge in [-0.05, 0) is 47.7 Å². The van der Waals surface area contributed by atoms with Gasteiger partial charge in [-0.25, -0.2) is 0 Å². The first kappa shape index (κ1) is 25.3. The molecule has 0 radical (unpaired) electrons. The van der Waals surface area contributed by atoms with Crippen LogP contribution in [0, 0.1) is 5.92 Å². The van der Waals surface area contributed by atoms with Crippen LogP contribution >= 0.6 is 0 Å². The summed E-state index contributed by atoms with van der Waals surface area (Å²) >= 11 is 0. The first-order chi connectivity index (χ1) is 17.3. The number of amides is 1. The van der Waals surface area contributed by atoms with Crippen LogP contribution in [0.3, 0.4) is 0 Å². The van der Waals surface area contributed by atoms with Crippen molar-refractivity contribution >= 4 is 34.5 Å². The van der Waals surface area contributed by atoms with Crippen LogP contribution in [0.4, 0.5) is 11.5 Å². The van der Waals surface area contributed by atoms with E-state index in [0.717, 1.165) is 34.3 Å². The molecule has 1 aliphatic heterocycles. The molecule has 1 aromatic heterocycles. The Hall–Kier alpha value is -3.81. The number of aromatic nitrogens is 1. The molecule has 3 atom stereocenters. The van der Waals surface area contributed by atoms with Crippen molar-refractivity contribution in [2.45, 2.75) is 38.5 Å². The third kappa shape index (κ3) is 5.37. The maximum absolute atomic E-state index is 13.6. The van der Waals surface area contributed by atoms with Gasteiger partial charge < -0.3 is 29.4 Å². The maximum atomic E-state index is 13.6. The second-order valence-corrected chi connectivity index (χ2v) is 9.67. The van der Waals surface area contributed by atoms with Gasteiger partial charge in [0.05, 0.1) is 19.7 Å². The highest BCUT2D eigenvalue weighted by Gasteiger charge is 2.40. The number of likely N-dealkylation sites (tertiary alicyclic amines) is 1. The van der Waals surface area contributed by atoms with Crippen molar-refractivity contribution in [1.82, 2.24) is 9.88 Å². The highest BCUT2D eigenvalue weighted by atomic mass is 16.5. The van der Waals surface area contributed by atoms with E-state index in [4.69, 9.17) is 14.5 Å². The number of anilines is 2. The van der Waals surface area contributed by atoms with Crippen LogP contribution in [0.1, 0.15) is 20.3 Å². The van der Waals surface area contributed by atoms with Gasteiger partial charge in [-0.1, -0.05) is 32.0 Å². The average Bonchev–Trinajstić information content (AvgIpc) is 3.29. The Morgan fingerprint density at radius 3 is 2.56 bits per heavy atom. The lowest BCUT2D eigenvalue weighted by Crippen LogP contribution is -2.48. The molecule has 0 spiro atoms. The molecular weight excluding hydrogens is 456 g/mol. The second kappa shape index (κ2) is 10.8. The fraction of sp³-hybridized carbons (Fsp3) is 0.393. The average molecular weight is 491 g/mol. The van der Waals surface area contributed by atoms with Crippen LogP contribution < -0.4 is 19.7 Å². The summed E-state index contributed by atoms with van der Waals surface area (Å²) in [6.45, 7) is 4.30. The summed E-state index contributed by atoms with van der Waals surface area (Å²) in [5, 5.41) is 5.13. The Kier molecular flexibility index (Phi) is 7.62. The summed E-state index contributed by atoms with van der Waals surface area (Å²) in [5.74, 6) is 1.89. The minimum atomic E-state index is -0.551. The SMILES string of the molecule is COc1ccc2c(O[C@@H]3C[C@@H](C=O)N(C(=O)C(Nc4ccccc4)C(C)C)C3)nc(N(C)C)cc2c1. The van der Waals surface area contributed by atoms with E-state index in [1.54, 1.807) is 12.0 Å². The Balaban J connectivity index is 1.58. The highest BCUT2D eigenvalue weighted by Crippen LogP contribution is 2.33. The number of benzene rings is 2. The standard InChI is InChI=1S/C28H34N4O4/c1-18(2)26(29-20-9-7-6-8-10-20)28(34)32-16-23(15-21(32)17-33)36-27-24-12-11-22(35-5)13-19(24)14-25(30-27)31(3)4/h6-14,17-18,21,23,26,29H,15-16H2,1-5H3/t21-,23+,26?/m0/s1. The molecule has 36 heavy (non-hydrogen) atoms. The molecule has 1 fully saturated rings. The molecule has 4 rings (SSSR count). The normalized spacial score (nSPS) is 18.2. The molecule has 0 saturated carbocycles. The number of fused-ring (bicyclic) bond motifs is 1. The van der Waals surface area contributed by atoms with Crippen molar-refractivity contribution in [2.24, 2.45) is 5.92 Å². The predicted octanol–water partition coefficient (Wildman–Crippen LogP) is 3.99. The fourth-order valence-electron chi connectivity index (χ4n) is 4.49. The molecule has 0 bridgehead atoms. The Bertz CT molecular complexity index is 1210. The van der Waals surface area contributed by atoms with Crippen molar-refractivity contribution in [3.05, 3.63) is 54.6 Å². The molecule has 190 valence electrons. The molecule has 2 aromatic carbocycles. The van der Waals surface area contributed by atoms with Gasteiger partial charge in [-0.3, -0.25) is 4.79 Å². The van der Waals surface area contributed by atoms with Crippen molar-refractivity contribution in [3.63, 3.8) is 0 Å². The van der Waals surface area contributed by atoms with E-state index in [1.165, 1.54) is 0 Å². The molecule has 0 aliphatic carbocycles. The summed E-state index contributed by atoms with van der Waals surface area (Å²) in [6.07, 6.45) is 0.897. The number of methoxy groups -OCH3 is 1. The third-order valence-corrected chi connectivity index (χ3v) is 6.50. The second-order valence-electron chi connectivity index (χ2n) is 9.67. The van der Waals surface area contributed by atoms with Crippen molar-refractivity contribution in [3.8, 4) is 11.6 Å². The lowest BCUT2D eigenvalue weighted by Gasteiger charge is -2.29. The summed E-state index contributed by atoms with van der Waals surface area (Å²) < 4.78 is 11.8. The zero-order valence-corrected chi connectivity index (χ0v) is 21.5. The number of para-hydroxylation sites is 1. The van der Waals surface area contributed by atoms with Gasteiger partial charge in [0, 0.05) is 31.6 Å². The molecule has 8 nitrogen and oxygen atoms in total. The monoisotopic (exact) mass is 490 g/mol. The molecule has 1 aliphatic rings. The number of hydrogen-bond acceptors (Lipinski definition) is 7. The lowest BCUT2D eigenvalue weighted by molar-refractivity contribution is -0.136. The van der Waals surface area contributed by atoms with E-state index >= 15 is 0 Å². The zero-order chi connectivity index (χ0) is 25.8. The van der Waals surface area contributed by atoms with Gasteiger partial charge in [-0.2, -0.15) is 4.98 Å². The first-order valence-electron chi connectivity index (χ1n) is 12.2. The van der Waals surface area contributed by atoms with Gasteiger partial charge in [0.1, 0.15) is 30.0 Å². The third-order valence-electron chi connectivity index (χ3n) is 6.50. The van der Waals surface area contributed by atoms with Gasteiger partial charge in [-0.15, -0.1) is 0 Å². The van der Waals surface area contributed by atoms with Crippen molar-refractivity contribution < 1.29 is 19.1 Å². The number of carbonyl (C=O) groups excluding carboxylic acids is 2. The number of carbonyl (C=O) groups is 2. The number of nitrogens with zero attached hydrogens (tertiary/aromatic N) is 3. The Morgan fingerprint density at radius 1 is 1.17 bits per heavy atom. The molecule has 1 N–H and O–H groups in total. The van der Waals surface area contributed by atoms with Crippen LogP contribution in [0.2, 0.25) is 0 Å². The minimum absolute atomic E-state index is 0.0299. The van der Waals surface area contributed by atoms with Crippen LogP contribution in [0.15, 0.2) is 54.6 Å². The molecule has 1 unspecified atom stereocenters. The highest BCUT2D eigenvalue weighted by molar-refractivity contribution is 5.90. The summed E-state index contributed by atoms with van der Waals surface area (Å²) in [7, 11) is 5.47. The van der Waals surface area contributed by atoms with E-state index in [1.807, 2.05) is 87.4 Å². The van der Waals surface area contributed by atoms with Gasteiger partial charge in [0.15, 0.2) is 0 Å². The van der Waals surface area contributed by atoms with Crippen LogP contribution in [0.25, 0.3) is 10.8 Å². The zero-order valence-electron chi connectivity index (χ0n) is 21.5. The van der Waals surface area contributed by atoms with E-state index in [-0.39, 0.29) is 17.9 Å². The van der Waals surface area contributed by atoms with Gasteiger partial charge in [0.2, 0.25) is 11.8 Å². The van der Waals surface area contributed by atoms with E-state index < -0.39 is 12.1 Å². The van der Waals surface area contributed by atoms with Crippen LogP contribution in [-0.4, -0.2) is 68.0 Å². The molecule has 3 aromatic rings. The first-order valence-corrected chi connectivity index (χ1v) is 12.2. The number of rotatable bonds is 9. The number of pyridine rings is 1. The molecule has 1 saturated heterocycles. The Morgan fingerprint density at radius 2 is 1.92 bits per heavy atom. The topological polar surface area (TPSA) is 84.0 Å². The summed E-state index contributed by atoms with van der Waals surface area (Å²) in [5.41, 5.74) is 0.866. The van der Waals surface area contributed by atoms with Crippen molar-refractivity contribution in [2.75, 3.05) is 38.0 Å². The van der Waals surface area contributed by atoms with E-state index in [2.05, 4.69) is 5.32 Å². The van der Waals surface area contributed by atoms with Crippen LogP contribution in [0.5, 0.6) is 11.6 Å². The van der Waals surface area contributed by atoms with E-state index in [0.29, 0.717) is 18.8 Å². The Labute approximate surface area is 212 Å². The van der Waals surface area contributed by atoms with E-state index in [9.17, 15) is 9.59 Å².